The molecule has 0 aromatic heterocycles. The molecule has 1 N–H and O–H groups in total. The first kappa shape index (κ1) is 15.0. The first-order chi connectivity index (χ1) is 9.59. The largest absolute Gasteiger partial charge is 0.378 e. The van der Waals surface area contributed by atoms with Crippen molar-refractivity contribution in [2.75, 3.05) is 31.6 Å². The number of aryl methyl sites for hydroxylation is 1. The summed E-state index contributed by atoms with van der Waals surface area (Å²) >= 11 is 0. The summed E-state index contributed by atoms with van der Waals surface area (Å²) in [4.78, 5) is 13.2. The first-order valence-electron chi connectivity index (χ1n) is 7.13. The molecule has 4 heteroatoms. The van der Waals surface area contributed by atoms with Gasteiger partial charge in [0.1, 0.15) is 0 Å². The molecule has 2 rings (SSSR count). The minimum atomic E-state index is -0.169. The van der Waals surface area contributed by atoms with Gasteiger partial charge in [-0.2, -0.15) is 0 Å². The van der Waals surface area contributed by atoms with Crippen molar-refractivity contribution in [3.05, 3.63) is 29.8 Å². The number of nitrogens with zero attached hydrogens (tertiary/aromatic N) is 1. The van der Waals surface area contributed by atoms with E-state index >= 15 is 0 Å². The molecule has 20 heavy (non-hydrogen) atoms. The predicted molar refractivity (Wildman–Crippen MR) is 81.0 cm³/mol. The number of hydrogen-bond acceptors (Lipinski definition) is 3. The van der Waals surface area contributed by atoms with Crippen molar-refractivity contribution < 1.29 is 9.53 Å². The molecule has 1 aromatic rings. The van der Waals surface area contributed by atoms with Gasteiger partial charge in [0.2, 0.25) is 6.41 Å². The number of ether oxygens (including phenoxy) is 1. The highest BCUT2D eigenvalue weighted by Gasteiger charge is 2.37. The van der Waals surface area contributed by atoms with Gasteiger partial charge in [0.15, 0.2) is 0 Å². The molecule has 4 nitrogen and oxygen atoms in total. The fraction of sp³-hybridized carbons (Fsp3) is 0.562. The van der Waals surface area contributed by atoms with E-state index in [1.807, 2.05) is 31.2 Å². The molecule has 110 valence electrons. The Morgan fingerprint density at radius 1 is 1.45 bits per heavy atom. The van der Waals surface area contributed by atoms with Crippen LogP contribution < -0.4 is 10.2 Å². The van der Waals surface area contributed by atoms with Gasteiger partial charge in [-0.25, -0.2) is 0 Å². The summed E-state index contributed by atoms with van der Waals surface area (Å²) < 4.78 is 5.71. The van der Waals surface area contributed by atoms with Gasteiger partial charge in [-0.15, -0.1) is 0 Å². The summed E-state index contributed by atoms with van der Waals surface area (Å²) in [6, 6.07) is 8.04. The van der Waals surface area contributed by atoms with Gasteiger partial charge >= 0.3 is 0 Å². The van der Waals surface area contributed by atoms with Crippen LogP contribution >= 0.6 is 0 Å². The van der Waals surface area contributed by atoms with Crippen LogP contribution in [0, 0.1) is 12.8 Å². The van der Waals surface area contributed by atoms with Gasteiger partial charge in [-0.3, -0.25) is 4.79 Å². The Balaban J connectivity index is 2.12. The average Bonchev–Trinajstić information content (AvgIpc) is 2.47. The number of nitrogens with one attached hydrogen (secondary N) is 1. The molecule has 0 aliphatic carbocycles. The lowest BCUT2D eigenvalue weighted by atomic mass is 9.82. The van der Waals surface area contributed by atoms with Gasteiger partial charge in [0.25, 0.3) is 0 Å². The maximum atomic E-state index is 11.4. The molecule has 1 aromatic carbocycles. The SMILES string of the molecule is COC1(C)CCNCC1CN(C=O)c1ccc(C)cc1. The highest BCUT2D eigenvalue weighted by atomic mass is 16.5. The Hall–Kier alpha value is -1.39. The number of benzene rings is 1. The van der Waals surface area contributed by atoms with Crippen molar-refractivity contribution in [1.82, 2.24) is 5.32 Å². The van der Waals surface area contributed by atoms with Gasteiger partial charge in [-0.05, 0) is 38.9 Å². The van der Waals surface area contributed by atoms with E-state index in [9.17, 15) is 4.79 Å². The number of carbonyl (C=O) groups is 1. The summed E-state index contributed by atoms with van der Waals surface area (Å²) in [5.74, 6) is 0.285. The maximum absolute atomic E-state index is 11.4. The zero-order valence-corrected chi connectivity index (χ0v) is 12.6. The standard InChI is InChI=1S/C16H24N2O2/c1-13-4-6-15(7-5-13)18(12-19)11-14-10-17-9-8-16(14,2)20-3/h4-7,12,14,17H,8-11H2,1-3H3. The zero-order valence-electron chi connectivity index (χ0n) is 12.6. The summed E-state index contributed by atoms with van der Waals surface area (Å²) in [5, 5.41) is 3.39. The third kappa shape index (κ3) is 3.19. The van der Waals surface area contributed by atoms with Crippen molar-refractivity contribution >= 4 is 12.1 Å². The highest BCUT2D eigenvalue weighted by molar-refractivity contribution is 5.75. The minimum Gasteiger partial charge on any atom is -0.378 e. The fourth-order valence-corrected chi connectivity index (χ4v) is 2.74. The second kappa shape index (κ2) is 6.37. The van der Waals surface area contributed by atoms with Crippen molar-refractivity contribution in [2.24, 2.45) is 5.92 Å². The molecule has 1 saturated heterocycles. The number of hydrogen-bond donors (Lipinski definition) is 1. The molecule has 1 aliphatic heterocycles. The lowest BCUT2D eigenvalue weighted by Gasteiger charge is -2.42. The summed E-state index contributed by atoms with van der Waals surface area (Å²) in [6.07, 6.45) is 1.88. The Bertz CT molecular complexity index is 446. The second-order valence-corrected chi connectivity index (χ2v) is 5.76. The van der Waals surface area contributed by atoms with Crippen LogP contribution in [-0.2, 0) is 9.53 Å². The molecular weight excluding hydrogens is 252 g/mol. The Kier molecular flexibility index (Phi) is 4.78. The molecule has 1 fully saturated rings. The van der Waals surface area contributed by atoms with Gasteiger partial charge in [-0.1, -0.05) is 17.7 Å². The Morgan fingerprint density at radius 3 is 2.75 bits per heavy atom. The summed E-state index contributed by atoms with van der Waals surface area (Å²) in [6.45, 7) is 6.69. The molecule has 0 radical (unpaired) electrons. The summed E-state index contributed by atoms with van der Waals surface area (Å²) in [5.41, 5.74) is 1.97. The van der Waals surface area contributed by atoms with Gasteiger partial charge in [0, 0.05) is 31.8 Å². The van der Waals surface area contributed by atoms with Gasteiger partial charge in [0.05, 0.1) is 5.60 Å². The first-order valence-corrected chi connectivity index (χ1v) is 7.13. The number of rotatable bonds is 5. The van der Waals surface area contributed by atoms with E-state index in [-0.39, 0.29) is 11.5 Å². The van der Waals surface area contributed by atoms with Crippen LogP contribution in [0.4, 0.5) is 5.69 Å². The van der Waals surface area contributed by atoms with Crippen LogP contribution in [-0.4, -0.2) is 38.8 Å². The highest BCUT2D eigenvalue weighted by Crippen LogP contribution is 2.29. The smallest absolute Gasteiger partial charge is 0.214 e. The van der Waals surface area contributed by atoms with Crippen LogP contribution in [0.1, 0.15) is 18.9 Å². The van der Waals surface area contributed by atoms with E-state index in [1.54, 1.807) is 12.0 Å². The second-order valence-electron chi connectivity index (χ2n) is 5.76. The lowest BCUT2D eigenvalue weighted by Crippen LogP contribution is -2.53. The molecule has 0 spiro atoms. The maximum Gasteiger partial charge on any atom is 0.214 e. The van der Waals surface area contributed by atoms with Crippen LogP contribution in [0.3, 0.4) is 0 Å². The Morgan fingerprint density at radius 2 is 2.15 bits per heavy atom. The van der Waals surface area contributed by atoms with Crippen LogP contribution in [0.15, 0.2) is 24.3 Å². The third-order valence-electron chi connectivity index (χ3n) is 4.43. The number of piperidine rings is 1. The molecule has 0 saturated carbocycles. The van der Waals surface area contributed by atoms with E-state index in [1.165, 1.54) is 5.56 Å². The Labute approximate surface area is 121 Å². The van der Waals surface area contributed by atoms with Crippen molar-refractivity contribution in [1.29, 1.82) is 0 Å². The molecule has 1 heterocycles. The van der Waals surface area contributed by atoms with Gasteiger partial charge < -0.3 is 15.0 Å². The van der Waals surface area contributed by atoms with E-state index in [0.29, 0.717) is 6.54 Å². The number of amides is 1. The quantitative estimate of drug-likeness (QED) is 0.836. The number of methoxy groups -OCH3 is 1. The van der Waals surface area contributed by atoms with E-state index in [4.69, 9.17) is 4.74 Å². The topological polar surface area (TPSA) is 41.6 Å². The van der Waals surface area contributed by atoms with E-state index < -0.39 is 0 Å². The molecular formula is C16H24N2O2. The average molecular weight is 276 g/mol. The van der Waals surface area contributed by atoms with E-state index in [0.717, 1.165) is 31.6 Å². The molecule has 2 unspecified atom stereocenters. The fourth-order valence-electron chi connectivity index (χ4n) is 2.74. The van der Waals surface area contributed by atoms with Crippen LogP contribution in [0.5, 0.6) is 0 Å². The lowest BCUT2D eigenvalue weighted by molar-refractivity contribution is -0.108. The monoisotopic (exact) mass is 276 g/mol. The van der Waals surface area contributed by atoms with Crippen molar-refractivity contribution in [3.8, 4) is 0 Å². The number of carbonyl (C=O) groups excluding carboxylic acids is 1. The minimum absolute atomic E-state index is 0.169. The van der Waals surface area contributed by atoms with Crippen LogP contribution in [0.2, 0.25) is 0 Å². The van der Waals surface area contributed by atoms with Crippen molar-refractivity contribution in [3.63, 3.8) is 0 Å². The normalized spacial score (nSPS) is 26.2. The van der Waals surface area contributed by atoms with Crippen molar-refractivity contribution in [2.45, 2.75) is 25.9 Å². The number of anilines is 1. The molecule has 2 atom stereocenters. The molecule has 0 bridgehead atoms. The zero-order chi connectivity index (χ0) is 14.6. The summed E-state index contributed by atoms with van der Waals surface area (Å²) in [7, 11) is 1.76. The van der Waals surface area contributed by atoms with E-state index in [2.05, 4.69) is 12.2 Å². The predicted octanol–water partition coefficient (Wildman–Crippen LogP) is 1.97. The third-order valence-corrected chi connectivity index (χ3v) is 4.43. The molecule has 1 aliphatic rings. The molecule has 1 amide bonds. The van der Waals surface area contributed by atoms with Crippen LogP contribution in [0.25, 0.3) is 0 Å².